The molecule has 0 aliphatic rings. The molecule has 1 aromatic heterocycles. The van der Waals surface area contributed by atoms with E-state index in [0.717, 1.165) is 16.6 Å². The third-order valence-corrected chi connectivity index (χ3v) is 2.15. The number of hydrogen-bond donors (Lipinski definition) is 0. The first kappa shape index (κ1) is 8.87. The van der Waals surface area contributed by atoms with E-state index >= 15 is 0 Å². The van der Waals surface area contributed by atoms with Crippen LogP contribution in [0.25, 0.3) is 11.0 Å². The normalized spacial score (nSPS) is 10.7. The van der Waals surface area contributed by atoms with Crippen molar-refractivity contribution in [3.8, 4) is 0 Å². The molecule has 0 bridgehead atoms. The lowest BCUT2D eigenvalue weighted by Gasteiger charge is -2.00. The summed E-state index contributed by atoms with van der Waals surface area (Å²) in [6, 6.07) is 5.73. The van der Waals surface area contributed by atoms with Gasteiger partial charge in [-0.05, 0) is 18.6 Å². The molecule has 0 aliphatic heterocycles. The Balaban J connectivity index is 2.63. The van der Waals surface area contributed by atoms with Gasteiger partial charge in [-0.15, -0.1) is 5.10 Å². The predicted octanol–water partition coefficient (Wildman–Crippen LogP) is 1.10. The summed E-state index contributed by atoms with van der Waals surface area (Å²) in [4.78, 5) is 11.0. The molecule has 4 heteroatoms. The van der Waals surface area contributed by atoms with Gasteiger partial charge in [0.15, 0.2) is 0 Å². The van der Waals surface area contributed by atoms with Gasteiger partial charge in [0.2, 0.25) is 0 Å². The molecule has 0 saturated carbocycles. The van der Waals surface area contributed by atoms with E-state index < -0.39 is 0 Å². The molecular formula is C10H11N3O. The minimum absolute atomic E-state index is 0.152. The van der Waals surface area contributed by atoms with E-state index in [1.807, 2.05) is 25.2 Å². The molecule has 4 nitrogen and oxygen atoms in total. The second kappa shape index (κ2) is 3.21. The fourth-order valence-corrected chi connectivity index (χ4v) is 1.60. The van der Waals surface area contributed by atoms with E-state index in [4.69, 9.17) is 0 Å². The van der Waals surface area contributed by atoms with Crippen molar-refractivity contribution in [3.63, 3.8) is 0 Å². The number of hydrogen-bond acceptors (Lipinski definition) is 3. The summed E-state index contributed by atoms with van der Waals surface area (Å²) in [7, 11) is 1.83. The number of aromatic nitrogens is 3. The molecule has 2 rings (SSSR count). The number of ketones is 1. The van der Waals surface area contributed by atoms with Gasteiger partial charge >= 0.3 is 0 Å². The zero-order chi connectivity index (χ0) is 10.1. The fourth-order valence-electron chi connectivity index (χ4n) is 1.60. The molecule has 1 heterocycles. The maximum absolute atomic E-state index is 11.0. The first-order valence-electron chi connectivity index (χ1n) is 4.45. The minimum Gasteiger partial charge on any atom is -0.300 e. The molecule has 0 N–H and O–H groups in total. The first-order valence-corrected chi connectivity index (χ1v) is 4.45. The quantitative estimate of drug-likeness (QED) is 0.710. The zero-order valence-electron chi connectivity index (χ0n) is 8.19. The van der Waals surface area contributed by atoms with Crippen LogP contribution in [0.4, 0.5) is 0 Å². The highest BCUT2D eigenvalue weighted by Gasteiger charge is 2.07. The Morgan fingerprint density at radius 3 is 3.00 bits per heavy atom. The highest BCUT2D eigenvalue weighted by atomic mass is 16.1. The Morgan fingerprint density at radius 1 is 1.50 bits per heavy atom. The SMILES string of the molecule is CC(=O)Cc1cccc2nnn(C)c12. The summed E-state index contributed by atoms with van der Waals surface area (Å²) in [5.41, 5.74) is 2.77. The van der Waals surface area contributed by atoms with E-state index in [-0.39, 0.29) is 5.78 Å². The maximum atomic E-state index is 11.0. The van der Waals surface area contributed by atoms with Crippen molar-refractivity contribution >= 4 is 16.8 Å². The van der Waals surface area contributed by atoms with Gasteiger partial charge in [-0.3, -0.25) is 4.79 Å². The second-order valence-electron chi connectivity index (χ2n) is 3.38. The summed E-state index contributed by atoms with van der Waals surface area (Å²) in [6.45, 7) is 1.59. The largest absolute Gasteiger partial charge is 0.300 e. The number of para-hydroxylation sites is 1. The molecule has 0 unspecified atom stereocenters. The highest BCUT2D eigenvalue weighted by Crippen LogP contribution is 2.16. The van der Waals surface area contributed by atoms with Crippen molar-refractivity contribution in [1.82, 2.24) is 15.0 Å². The van der Waals surface area contributed by atoms with E-state index in [1.165, 1.54) is 0 Å². The number of fused-ring (bicyclic) bond motifs is 1. The number of rotatable bonds is 2. The van der Waals surface area contributed by atoms with Crippen LogP contribution in [0, 0.1) is 0 Å². The molecular weight excluding hydrogens is 178 g/mol. The maximum Gasteiger partial charge on any atom is 0.134 e. The van der Waals surface area contributed by atoms with E-state index in [9.17, 15) is 4.79 Å². The van der Waals surface area contributed by atoms with Gasteiger partial charge in [-0.1, -0.05) is 17.3 Å². The predicted molar refractivity (Wildman–Crippen MR) is 52.9 cm³/mol. The Bertz CT molecular complexity index is 487. The average molecular weight is 189 g/mol. The van der Waals surface area contributed by atoms with Crippen LogP contribution in [0.15, 0.2) is 18.2 Å². The van der Waals surface area contributed by atoms with Crippen molar-refractivity contribution < 1.29 is 4.79 Å². The number of benzene rings is 1. The van der Waals surface area contributed by atoms with Crippen molar-refractivity contribution in [1.29, 1.82) is 0 Å². The molecule has 0 spiro atoms. The highest BCUT2D eigenvalue weighted by molar-refractivity contribution is 5.85. The summed E-state index contributed by atoms with van der Waals surface area (Å²) < 4.78 is 1.70. The van der Waals surface area contributed by atoms with Crippen LogP contribution in [-0.2, 0) is 18.3 Å². The molecule has 14 heavy (non-hydrogen) atoms. The van der Waals surface area contributed by atoms with E-state index in [0.29, 0.717) is 6.42 Å². The molecule has 0 amide bonds. The van der Waals surface area contributed by atoms with E-state index in [2.05, 4.69) is 10.3 Å². The lowest BCUT2D eigenvalue weighted by molar-refractivity contribution is -0.116. The first-order chi connectivity index (χ1) is 6.68. The summed E-state index contributed by atoms with van der Waals surface area (Å²) in [6.07, 6.45) is 0.443. The topological polar surface area (TPSA) is 47.8 Å². The molecule has 0 saturated heterocycles. The number of Topliss-reactive ketones (excluding diaryl/α,β-unsaturated/α-hetero) is 1. The smallest absolute Gasteiger partial charge is 0.134 e. The summed E-state index contributed by atoms with van der Waals surface area (Å²) in [5, 5.41) is 7.91. The van der Waals surface area contributed by atoms with Gasteiger partial charge in [0.05, 0.1) is 5.52 Å². The Labute approximate surface area is 81.5 Å². The molecule has 0 radical (unpaired) electrons. The summed E-state index contributed by atoms with van der Waals surface area (Å²) in [5.74, 6) is 0.152. The van der Waals surface area contributed by atoms with Crippen LogP contribution in [0.5, 0.6) is 0 Å². The molecule has 1 aromatic carbocycles. The van der Waals surface area contributed by atoms with Crippen LogP contribution < -0.4 is 0 Å². The Morgan fingerprint density at radius 2 is 2.29 bits per heavy atom. The van der Waals surface area contributed by atoms with Crippen LogP contribution in [-0.4, -0.2) is 20.8 Å². The summed E-state index contributed by atoms with van der Waals surface area (Å²) >= 11 is 0. The molecule has 2 aromatic rings. The lowest BCUT2D eigenvalue weighted by Crippen LogP contribution is -2.00. The van der Waals surface area contributed by atoms with Crippen LogP contribution in [0.3, 0.4) is 0 Å². The standard InChI is InChI=1S/C10H11N3O/c1-7(14)6-8-4-3-5-9-10(8)13(2)12-11-9/h3-5H,6H2,1-2H3. The number of carbonyl (C=O) groups is 1. The fraction of sp³-hybridized carbons (Fsp3) is 0.300. The van der Waals surface area contributed by atoms with Gasteiger partial charge in [-0.25, -0.2) is 4.68 Å². The third-order valence-electron chi connectivity index (χ3n) is 2.15. The molecule has 0 fully saturated rings. The number of nitrogens with zero attached hydrogens (tertiary/aromatic N) is 3. The zero-order valence-corrected chi connectivity index (χ0v) is 8.19. The second-order valence-corrected chi connectivity index (χ2v) is 3.38. The van der Waals surface area contributed by atoms with Gasteiger partial charge in [0.25, 0.3) is 0 Å². The van der Waals surface area contributed by atoms with Gasteiger partial charge in [0, 0.05) is 13.5 Å². The Kier molecular flexibility index (Phi) is 2.04. The van der Waals surface area contributed by atoms with Crippen molar-refractivity contribution in [3.05, 3.63) is 23.8 Å². The van der Waals surface area contributed by atoms with Crippen molar-refractivity contribution in [2.45, 2.75) is 13.3 Å². The average Bonchev–Trinajstić information content (AvgIpc) is 2.48. The van der Waals surface area contributed by atoms with Crippen molar-refractivity contribution in [2.75, 3.05) is 0 Å². The molecule has 0 aliphatic carbocycles. The van der Waals surface area contributed by atoms with Gasteiger partial charge in [0.1, 0.15) is 11.3 Å². The lowest BCUT2D eigenvalue weighted by atomic mass is 10.1. The Hall–Kier alpha value is -1.71. The number of carbonyl (C=O) groups excluding carboxylic acids is 1. The van der Waals surface area contributed by atoms with Gasteiger partial charge < -0.3 is 0 Å². The number of aryl methyl sites for hydroxylation is 1. The third kappa shape index (κ3) is 1.39. The van der Waals surface area contributed by atoms with Crippen LogP contribution in [0.2, 0.25) is 0 Å². The monoisotopic (exact) mass is 189 g/mol. The van der Waals surface area contributed by atoms with Crippen LogP contribution >= 0.6 is 0 Å². The molecule has 72 valence electrons. The minimum atomic E-state index is 0.152. The molecule has 0 atom stereocenters. The van der Waals surface area contributed by atoms with Gasteiger partial charge in [-0.2, -0.15) is 0 Å². The van der Waals surface area contributed by atoms with Crippen molar-refractivity contribution in [2.24, 2.45) is 7.05 Å². The van der Waals surface area contributed by atoms with Crippen LogP contribution in [0.1, 0.15) is 12.5 Å². The van der Waals surface area contributed by atoms with E-state index in [1.54, 1.807) is 11.6 Å².